The molecule has 1 N–H and O–H groups in total. The smallest absolute Gasteiger partial charge is 0.410 e. The second-order valence-electron chi connectivity index (χ2n) is 8.58. The van der Waals surface area contributed by atoms with Crippen LogP contribution in [0.5, 0.6) is 5.75 Å². The zero-order valence-electron chi connectivity index (χ0n) is 18.9. The number of carbonyl (C=O) groups excluding carboxylic acids is 2. The van der Waals surface area contributed by atoms with E-state index in [2.05, 4.69) is 5.32 Å². The van der Waals surface area contributed by atoms with Crippen molar-refractivity contribution in [3.63, 3.8) is 0 Å². The summed E-state index contributed by atoms with van der Waals surface area (Å²) < 4.78 is 10.9. The van der Waals surface area contributed by atoms with E-state index in [1.54, 1.807) is 69.3 Å². The third-order valence-electron chi connectivity index (χ3n) is 4.92. The number of nitrogens with zero attached hydrogens (tertiary/aromatic N) is 3. The van der Waals surface area contributed by atoms with Gasteiger partial charge in [-0.3, -0.25) is 4.79 Å². The van der Waals surface area contributed by atoms with Crippen LogP contribution in [0.3, 0.4) is 0 Å². The van der Waals surface area contributed by atoms with E-state index in [0.29, 0.717) is 17.0 Å². The van der Waals surface area contributed by atoms with Crippen molar-refractivity contribution in [2.24, 2.45) is 0 Å². The van der Waals surface area contributed by atoms with Crippen molar-refractivity contribution < 1.29 is 24.1 Å². The lowest BCUT2D eigenvalue weighted by Gasteiger charge is -2.37. The van der Waals surface area contributed by atoms with E-state index in [4.69, 9.17) is 9.47 Å². The van der Waals surface area contributed by atoms with Gasteiger partial charge in [-0.15, -0.1) is 5.01 Å². The molecule has 1 atom stereocenters. The molecule has 1 unspecified atom stereocenters. The van der Waals surface area contributed by atoms with Crippen molar-refractivity contribution in [1.82, 2.24) is 9.91 Å². The highest BCUT2D eigenvalue weighted by Gasteiger charge is 2.39. The van der Waals surface area contributed by atoms with E-state index in [1.165, 1.54) is 4.90 Å². The molecule has 2 amide bonds. The maximum Gasteiger partial charge on any atom is 0.410 e. The predicted octanol–water partition coefficient (Wildman–Crippen LogP) is 3.49. The fraction of sp³-hybridized carbons (Fsp3) is 0.391. The molecule has 1 aliphatic rings. The molecule has 33 heavy (non-hydrogen) atoms. The first-order valence-electron chi connectivity index (χ1n) is 10.6. The lowest BCUT2D eigenvalue weighted by atomic mass is 10.0. The molecule has 0 spiro atoms. The third kappa shape index (κ3) is 6.58. The summed E-state index contributed by atoms with van der Waals surface area (Å²) in [6.45, 7) is 5.30. The maximum absolute atomic E-state index is 12.6. The Balaban J connectivity index is 1.77. The highest BCUT2D eigenvalue weighted by Crippen LogP contribution is 2.31. The molecule has 10 heteroatoms. The summed E-state index contributed by atoms with van der Waals surface area (Å²) in [5.41, 5.74) is 0.259. The molecule has 0 aliphatic carbocycles. The van der Waals surface area contributed by atoms with Gasteiger partial charge in [-0.05, 0) is 39.0 Å². The molecule has 1 heterocycles. The number of benzene rings is 2. The van der Waals surface area contributed by atoms with Gasteiger partial charge in [0.25, 0.3) is 5.91 Å². The van der Waals surface area contributed by atoms with Gasteiger partial charge < -0.3 is 19.7 Å². The first-order valence-corrected chi connectivity index (χ1v) is 10.6. The number of amides is 2. The highest BCUT2D eigenvalue weighted by molar-refractivity contribution is 5.92. The number of nitrogens with one attached hydrogen (secondary N) is 1. The monoisotopic (exact) mass is 456 g/mol. The number of para-hydroxylation sites is 2. The summed E-state index contributed by atoms with van der Waals surface area (Å²) in [5, 5.41) is 15.1. The number of anilines is 1. The fourth-order valence-corrected chi connectivity index (χ4v) is 3.47. The topological polar surface area (TPSA) is 114 Å². The highest BCUT2D eigenvalue weighted by atomic mass is 16.7. The van der Waals surface area contributed by atoms with Crippen LogP contribution in [0.2, 0.25) is 0 Å². The van der Waals surface area contributed by atoms with Gasteiger partial charge in [0.2, 0.25) is 0 Å². The molecule has 176 valence electrons. The van der Waals surface area contributed by atoms with Gasteiger partial charge in [-0.25, -0.2) is 14.9 Å². The molecule has 3 rings (SSSR count). The Kier molecular flexibility index (Phi) is 7.37. The van der Waals surface area contributed by atoms with E-state index >= 15 is 0 Å². The summed E-state index contributed by atoms with van der Waals surface area (Å²) in [4.78, 5) is 38.3. The molecule has 0 bridgehead atoms. The van der Waals surface area contributed by atoms with Gasteiger partial charge in [0.1, 0.15) is 17.4 Å². The van der Waals surface area contributed by atoms with Crippen LogP contribution in [0.25, 0.3) is 0 Å². The predicted molar refractivity (Wildman–Crippen MR) is 121 cm³/mol. The lowest BCUT2D eigenvalue weighted by molar-refractivity contribution is -0.668. The first-order chi connectivity index (χ1) is 15.6. The molecule has 1 saturated heterocycles. The normalized spacial score (nSPS) is 16.2. The Bertz CT molecular complexity index is 992. The van der Waals surface area contributed by atoms with Gasteiger partial charge in [-0.1, -0.05) is 36.4 Å². The van der Waals surface area contributed by atoms with Crippen LogP contribution in [0.15, 0.2) is 54.6 Å². The molecule has 10 nitrogen and oxygen atoms in total. The Hall–Kier alpha value is -3.82. The summed E-state index contributed by atoms with van der Waals surface area (Å²) in [6, 6.07) is 15.0. The van der Waals surface area contributed by atoms with Crippen molar-refractivity contribution in [2.75, 3.05) is 31.6 Å². The summed E-state index contributed by atoms with van der Waals surface area (Å²) >= 11 is 0. The summed E-state index contributed by atoms with van der Waals surface area (Å²) in [5.74, 6) is 0.152. The largest absolute Gasteiger partial charge is 0.484 e. The van der Waals surface area contributed by atoms with E-state index in [9.17, 15) is 19.7 Å². The minimum Gasteiger partial charge on any atom is -0.484 e. The average Bonchev–Trinajstić information content (AvgIpc) is 2.77. The zero-order chi connectivity index (χ0) is 24.0. The Morgan fingerprint density at radius 3 is 2.42 bits per heavy atom. The summed E-state index contributed by atoms with van der Waals surface area (Å²) in [6.07, 6.45) is -0.534. The molecular weight excluding hydrogens is 428 g/mol. The molecular formula is C23H28N4O6. The second kappa shape index (κ2) is 10.2. The zero-order valence-corrected chi connectivity index (χ0v) is 18.9. The van der Waals surface area contributed by atoms with E-state index in [1.807, 2.05) is 6.07 Å². The number of ether oxygens (including phenoxy) is 2. The molecule has 2 aromatic carbocycles. The number of carbonyl (C=O) groups is 2. The van der Waals surface area contributed by atoms with Crippen LogP contribution in [0, 0.1) is 10.1 Å². The van der Waals surface area contributed by atoms with Crippen molar-refractivity contribution in [3.8, 4) is 5.75 Å². The maximum atomic E-state index is 12.6. The van der Waals surface area contributed by atoms with Gasteiger partial charge in [-0.2, -0.15) is 0 Å². The van der Waals surface area contributed by atoms with Crippen molar-refractivity contribution in [2.45, 2.75) is 32.4 Å². The summed E-state index contributed by atoms with van der Waals surface area (Å²) in [7, 11) is 0. The van der Waals surface area contributed by atoms with Crippen LogP contribution in [-0.4, -0.2) is 58.8 Å². The quantitative estimate of drug-likeness (QED) is 0.523. The van der Waals surface area contributed by atoms with Crippen molar-refractivity contribution >= 4 is 17.7 Å². The number of hydrazine groups is 1. The van der Waals surface area contributed by atoms with Crippen molar-refractivity contribution in [1.29, 1.82) is 0 Å². The fourth-order valence-electron chi connectivity index (χ4n) is 3.47. The average molecular weight is 456 g/mol. The van der Waals surface area contributed by atoms with Gasteiger partial charge in [0, 0.05) is 17.8 Å². The van der Waals surface area contributed by atoms with Gasteiger partial charge in [0.05, 0.1) is 13.1 Å². The Morgan fingerprint density at radius 2 is 1.76 bits per heavy atom. The molecule has 0 aromatic heterocycles. The van der Waals surface area contributed by atoms with Gasteiger partial charge >= 0.3 is 6.09 Å². The second-order valence-corrected chi connectivity index (χ2v) is 8.58. The van der Waals surface area contributed by atoms with Crippen LogP contribution >= 0.6 is 0 Å². The van der Waals surface area contributed by atoms with Crippen LogP contribution < -0.4 is 10.1 Å². The minimum atomic E-state index is -0.771. The lowest BCUT2D eigenvalue weighted by Crippen LogP contribution is -2.53. The van der Waals surface area contributed by atoms with Crippen LogP contribution in [-0.2, 0) is 9.53 Å². The SMILES string of the molecule is CC(C)(C)OC(=O)N1CCN([N+](=O)[O-])C(c2ccccc2NC(=O)COc2ccccc2)C1. The number of hydrogen-bond acceptors (Lipinski definition) is 6. The number of piperazine rings is 1. The third-order valence-corrected chi connectivity index (χ3v) is 4.92. The number of hydrogen-bond donors (Lipinski definition) is 1. The standard InChI is InChI=1S/C23H28N4O6/c1-23(2,3)33-22(29)25-13-14-26(27(30)31)20(15-25)18-11-7-8-12-19(18)24-21(28)16-32-17-9-5-4-6-10-17/h4-12,20H,13-16H2,1-3H3,(H,24,28). The molecule has 0 radical (unpaired) electrons. The van der Waals surface area contributed by atoms with Gasteiger partial charge in [0.15, 0.2) is 11.6 Å². The molecule has 2 aromatic rings. The Morgan fingerprint density at radius 1 is 1.09 bits per heavy atom. The number of nitro groups is 1. The number of rotatable bonds is 6. The van der Waals surface area contributed by atoms with E-state index in [-0.39, 0.29) is 26.2 Å². The Labute approximate surface area is 192 Å². The first kappa shape index (κ1) is 23.8. The van der Waals surface area contributed by atoms with Crippen LogP contribution in [0.1, 0.15) is 32.4 Å². The van der Waals surface area contributed by atoms with Crippen LogP contribution in [0.4, 0.5) is 10.5 Å². The molecule has 0 saturated carbocycles. The molecule has 1 aliphatic heterocycles. The van der Waals surface area contributed by atoms with Crippen molar-refractivity contribution in [3.05, 3.63) is 70.3 Å². The van der Waals surface area contributed by atoms with E-state index < -0.39 is 28.7 Å². The van der Waals surface area contributed by atoms with E-state index in [0.717, 1.165) is 5.01 Å². The minimum absolute atomic E-state index is 0.0241. The molecule has 1 fully saturated rings.